The highest BCUT2D eigenvalue weighted by Gasteiger charge is 2.27. The molecule has 1 aliphatic rings. The number of aromatic nitrogens is 2. The summed E-state index contributed by atoms with van der Waals surface area (Å²) in [6.07, 6.45) is 4.72. The second kappa shape index (κ2) is 7.10. The van der Waals surface area contributed by atoms with Crippen molar-refractivity contribution in [2.45, 2.75) is 27.2 Å². The van der Waals surface area contributed by atoms with Crippen LogP contribution in [0, 0.1) is 18.8 Å². The van der Waals surface area contributed by atoms with E-state index in [9.17, 15) is 4.79 Å². The van der Waals surface area contributed by atoms with Crippen LogP contribution in [0.5, 0.6) is 0 Å². The average molecular weight is 359 g/mol. The van der Waals surface area contributed by atoms with Gasteiger partial charge in [0.2, 0.25) is 0 Å². The zero-order chi connectivity index (χ0) is 19.0. The molecule has 4 nitrogen and oxygen atoms in total. The lowest BCUT2D eigenvalue weighted by Crippen LogP contribution is -2.42. The topological polar surface area (TPSA) is 46.1 Å². The number of hydrogen-bond donors (Lipinski definition) is 0. The molecule has 4 rings (SSSR count). The number of nitrogens with zero attached hydrogens (tertiary/aromatic N) is 3. The maximum absolute atomic E-state index is 13.5. The van der Waals surface area contributed by atoms with E-state index in [2.05, 4.69) is 24.9 Å². The molecule has 0 spiro atoms. The van der Waals surface area contributed by atoms with Crippen molar-refractivity contribution in [3.05, 3.63) is 59.9 Å². The number of benzene rings is 1. The van der Waals surface area contributed by atoms with Crippen LogP contribution in [-0.2, 0) is 0 Å². The van der Waals surface area contributed by atoms with Gasteiger partial charge in [-0.15, -0.1) is 0 Å². The fourth-order valence-electron chi connectivity index (χ4n) is 4.18. The highest BCUT2D eigenvalue weighted by molar-refractivity contribution is 6.07. The molecule has 0 unspecified atom stereocenters. The molecule has 1 fully saturated rings. The van der Waals surface area contributed by atoms with Crippen LogP contribution < -0.4 is 0 Å². The molecule has 138 valence electrons. The molecule has 1 aliphatic heterocycles. The summed E-state index contributed by atoms with van der Waals surface area (Å²) in [5, 5.41) is 0.929. The maximum Gasteiger partial charge on any atom is 0.254 e. The van der Waals surface area contributed by atoms with Gasteiger partial charge in [-0.25, -0.2) is 4.98 Å². The number of hydrogen-bond acceptors (Lipinski definition) is 3. The molecule has 0 saturated carbocycles. The normalized spacial score (nSPS) is 20.0. The van der Waals surface area contributed by atoms with Gasteiger partial charge < -0.3 is 4.90 Å². The van der Waals surface area contributed by atoms with Gasteiger partial charge in [-0.05, 0) is 55.5 Å². The van der Waals surface area contributed by atoms with Crippen molar-refractivity contribution >= 4 is 16.8 Å². The van der Waals surface area contributed by atoms with E-state index in [1.807, 2.05) is 42.2 Å². The first-order chi connectivity index (χ1) is 13.0. The second-order valence-corrected chi connectivity index (χ2v) is 7.97. The van der Waals surface area contributed by atoms with E-state index in [4.69, 9.17) is 4.98 Å². The van der Waals surface area contributed by atoms with E-state index >= 15 is 0 Å². The predicted molar refractivity (Wildman–Crippen MR) is 109 cm³/mol. The van der Waals surface area contributed by atoms with E-state index in [-0.39, 0.29) is 5.91 Å². The monoisotopic (exact) mass is 359 g/mol. The van der Waals surface area contributed by atoms with E-state index in [0.29, 0.717) is 11.8 Å². The Morgan fingerprint density at radius 2 is 1.89 bits per heavy atom. The largest absolute Gasteiger partial charge is 0.338 e. The Bertz CT molecular complexity index is 974. The number of likely N-dealkylation sites (tertiary alicyclic amines) is 1. The summed E-state index contributed by atoms with van der Waals surface area (Å²) in [6, 6.07) is 11.9. The third-order valence-electron chi connectivity index (χ3n) is 5.31. The van der Waals surface area contributed by atoms with Crippen molar-refractivity contribution in [3.63, 3.8) is 0 Å². The third-order valence-corrected chi connectivity index (χ3v) is 5.31. The lowest BCUT2D eigenvalue weighted by atomic mass is 9.91. The van der Waals surface area contributed by atoms with E-state index in [1.54, 1.807) is 12.4 Å². The Morgan fingerprint density at radius 3 is 2.59 bits per heavy atom. The molecular formula is C23H25N3O. The number of piperidine rings is 1. The number of rotatable bonds is 2. The quantitative estimate of drug-likeness (QED) is 0.665. The molecule has 4 heteroatoms. The summed E-state index contributed by atoms with van der Waals surface area (Å²) in [5.74, 6) is 1.17. The number of carbonyl (C=O) groups excluding carboxylic acids is 1. The second-order valence-electron chi connectivity index (χ2n) is 7.97. The molecule has 0 aliphatic carbocycles. The Morgan fingerprint density at radius 1 is 1.11 bits per heavy atom. The van der Waals surface area contributed by atoms with Crippen LogP contribution in [0.1, 0.15) is 36.2 Å². The molecule has 27 heavy (non-hydrogen) atoms. The summed E-state index contributed by atoms with van der Waals surface area (Å²) in [5.41, 5.74) is 4.44. The van der Waals surface area contributed by atoms with Crippen molar-refractivity contribution in [2.75, 3.05) is 13.1 Å². The molecule has 1 aromatic carbocycles. The van der Waals surface area contributed by atoms with Crippen LogP contribution in [0.15, 0.2) is 48.8 Å². The molecule has 1 amide bonds. The van der Waals surface area contributed by atoms with Crippen molar-refractivity contribution in [1.29, 1.82) is 0 Å². The fourth-order valence-corrected chi connectivity index (χ4v) is 4.18. The van der Waals surface area contributed by atoms with Crippen LogP contribution in [0.4, 0.5) is 0 Å². The van der Waals surface area contributed by atoms with Crippen LogP contribution >= 0.6 is 0 Å². The molecule has 3 heterocycles. The highest BCUT2D eigenvalue weighted by atomic mass is 16.2. The number of amides is 1. The fraction of sp³-hybridized carbons (Fsp3) is 0.348. The molecule has 2 aromatic heterocycles. The highest BCUT2D eigenvalue weighted by Crippen LogP contribution is 2.28. The van der Waals surface area contributed by atoms with Gasteiger partial charge in [-0.3, -0.25) is 9.78 Å². The Balaban J connectivity index is 1.84. The standard InChI is InChI=1S/C23H25N3O/c1-15-6-7-21-19(10-15)20(11-22(25-21)18-5-4-8-24-12-18)23(27)26-13-16(2)9-17(3)14-26/h4-8,10-12,16-17H,9,13-14H2,1-3H3/t16-,17-/m0/s1. The first kappa shape index (κ1) is 17.7. The van der Waals surface area contributed by atoms with Gasteiger partial charge in [-0.2, -0.15) is 0 Å². The molecule has 0 radical (unpaired) electrons. The van der Waals surface area contributed by atoms with Crippen LogP contribution in [0.3, 0.4) is 0 Å². The van der Waals surface area contributed by atoms with Gasteiger partial charge >= 0.3 is 0 Å². The van der Waals surface area contributed by atoms with E-state index in [1.165, 1.54) is 6.42 Å². The van der Waals surface area contributed by atoms with Gasteiger partial charge in [-0.1, -0.05) is 25.5 Å². The van der Waals surface area contributed by atoms with Crippen LogP contribution in [0.2, 0.25) is 0 Å². The van der Waals surface area contributed by atoms with Crippen molar-refractivity contribution < 1.29 is 4.79 Å². The Labute approximate surface area is 160 Å². The van der Waals surface area contributed by atoms with E-state index in [0.717, 1.165) is 46.4 Å². The van der Waals surface area contributed by atoms with Gasteiger partial charge in [0, 0.05) is 36.4 Å². The number of aryl methyl sites for hydroxylation is 1. The minimum absolute atomic E-state index is 0.108. The summed E-state index contributed by atoms with van der Waals surface area (Å²) >= 11 is 0. The third kappa shape index (κ3) is 3.57. The molecule has 3 aromatic rings. The zero-order valence-electron chi connectivity index (χ0n) is 16.1. The lowest BCUT2D eigenvalue weighted by Gasteiger charge is -2.35. The minimum atomic E-state index is 0.108. The number of fused-ring (bicyclic) bond motifs is 1. The lowest BCUT2D eigenvalue weighted by molar-refractivity contribution is 0.0625. The Kier molecular flexibility index (Phi) is 4.65. The van der Waals surface area contributed by atoms with Crippen molar-refractivity contribution in [3.8, 4) is 11.3 Å². The van der Waals surface area contributed by atoms with Gasteiger partial charge in [0.05, 0.1) is 16.8 Å². The number of carbonyl (C=O) groups is 1. The number of pyridine rings is 2. The Hall–Kier alpha value is -2.75. The van der Waals surface area contributed by atoms with E-state index < -0.39 is 0 Å². The van der Waals surface area contributed by atoms with Gasteiger partial charge in [0.1, 0.15) is 0 Å². The summed E-state index contributed by atoms with van der Waals surface area (Å²) < 4.78 is 0. The molecular weight excluding hydrogens is 334 g/mol. The molecule has 2 atom stereocenters. The summed E-state index contributed by atoms with van der Waals surface area (Å²) in [7, 11) is 0. The molecule has 1 saturated heterocycles. The van der Waals surface area contributed by atoms with Gasteiger partial charge in [0.25, 0.3) is 5.91 Å². The SMILES string of the molecule is Cc1ccc2nc(-c3cccnc3)cc(C(=O)N3C[C@@H](C)C[C@H](C)C3)c2c1. The van der Waals surface area contributed by atoms with Gasteiger partial charge in [0.15, 0.2) is 0 Å². The minimum Gasteiger partial charge on any atom is -0.338 e. The summed E-state index contributed by atoms with van der Waals surface area (Å²) in [4.78, 5) is 24.5. The average Bonchev–Trinajstić information content (AvgIpc) is 2.66. The first-order valence-corrected chi connectivity index (χ1v) is 9.62. The zero-order valence-corrected chi connectivity index (χ0v) is 16.1. The smallest absolute Gasteiger partial charge is 0.254 e. The maximum atomic E-state index is 13.5. The predicted octanol–water partition coefficient (Wildman–Crippen LogP) is 4.72. The summed E-state index contributed by atoms with van der Waals surface area (Å²) in [6.45, 7) is 8.15. The first-order valence-electron chi connectivity index (χ1n) is 9.62. The molecule has 0 N–H and O–H groups in total. The van der Waals surface area contributed by atoms with Crippen molar-refractivity contribution in [1.82, 2.24) is 14.9 Å². The van der Waals surface area contributed by atoms with Crippen LogP contribution in [0.25, 0.3) is 22.2 Å². The van der Waals surface area contributed by atoms with Crippen LogP contribution in [-0.4, -0.2) is 33.9 Å². The van der Waals surface area contributed by atoms with Crippen molar-refractivity contribution in [2.24, 2.45) is 11.8 Å². The molecule has 0 bridgehead atoms.